The molecular weight excluding hydrogens is 260 g/mol. The molecule has 0 aliphatic heterocycles. The Kier molecular flexibility index (Phi) is 4.70. The van der Waals surface area contributed by atoms with Gasteiger partial charge >= 0.3 is 6.03 Å². The van der Waals surface area contributed by atoms with E-state index in [9.17, 15) is 4.79 Å². The minimum absolute atomic E-state index is 0.0303. The first kappa shape index (κ1) is 14.2. The molecule has 1 aromatic rings. The van der Waals surface area contributed by atoms with E-state index in [1.807, 2.05) is 31.0 Å². The Morgan fingerprint density at radius 1 is 1.32 bits per heavy atom. The van der Waals surface area contributed by atoms with Crippen molar-refractivity contribution >= 4 is 23.3 Å². The first-order chi connectivity index (χ1) is 9.08. The predicted octanol–water partition coefficient (Wildman–Crippen LogP) is 4.44. The number of halogens is 1. The summed E-state index contributed by atoms with van der Waals surface area (Å²) in [6.45, 7) is 1.95. The Bertz CT molecular complexity index is 455. The minimum Gasteiger partial charge on any atom is -0.325 e. The number of carbonyl (C=O) groups is 1. The lowest BCUT2D eigenvalue weighted by molar-refractivity contribution is 0.186. The number of benzene rings is 1. The third-order valence-electron chi connectivity index (χ3n) is 3.87. The van der Waals surface area contributed by atoms with Crippen LogP contribution >= 0.6 is 11.6 Å². The molecule has 0 heterocycles. The van der Waals surface area contributed by atoms with Crippen molar-refractivity contribution in [2.75, 3.05) is 12.4 Å². The summed E-state index contributed by atoms with van der Waals surface area (Å²) < 4.78 is 0. The Hall–Kier alpha value is -1.22. The van der Waals surface area contributed by atoms with E-state index in [4.69, 9.17) is 11.6 Å². The van der Waals surface area contributed by atoms with Gasteiger partial charge in [-0.25, -0.2) is 4.79 Å². The highest BCUT2D eigenvalue weighted by molar-refractivity contribution is 6.30. The lowest BCUT2D eigenvalue weighted by Crippen LogP contribution is -2.41. The zero-order valence-electron chi connectivity index (χ0n) is 11.6. The van der Waals surface area contributed by atoms with Crippen molar-refractivity contribution in [1.82, 2.24) is 4.90 Å². The van der Waals surface area contributed by atoms with Crippen LogP contribution in [0, 0.1) is 6.92 Å². The van der Waals surface area contributed by atoms with Crippen LogP contribution in [0.4, 0.5) is 10.5 Å². The van der Waals surface area contributed by atoms with Crippen LogP contribution in [-0.2, 0) is 0 Å². The average Bonchev–Trinajstić information content (AvgIpc) is 2.42. The van der Waals surface area contributed by atoms with Gasteiger partial charge in [-0.05, 0) is 43.5 Å². The molecule has 1 aliphatic rings. The van der Waals surface area contributed by atoms with Gasteiger partial charge in [-0.2, -0.15) is 0 Å². The number of hydrogen-bond acceptors (Lipinski definition) is 1. The van der Waals surface area contributed by atoms with Gasteiger partial charge in [0.15, 0.2) is 0 Å². The highest BCUT2D eigenvalue weighted by atomic mass is 35.5. The van der Waals surface area contributed by atoms with E-state index in [-0.39, 0.29) is 6.03 Å². The molecule has 4 heteroatoms. The number of urea groups is 1. The van der Waals surface area contributed by atoms with E-state index in [0.717, 1.165) is 24.1 Å². The van der Waals surface area contributed by atoms with Crippen LogP contribution in [0.2, 0.25) is 5.02 Å². The monoisotopic (exact) mass is 280 g/mol. The van der Waals surface area contributed by atoms with Crippen molar-refractivity contribution in [2.45, 2.75) is 45.1 Å². The van der Waals surface area contributed by atoms with E-state index >= 15 is 0 Å². The van der Waals surface area contributed by atoms with Gasteiger partial charge in [0, 0.05) is 23.8 Å². The molecule has 0 unspecified atom stereocenters. The standard InChI is InChI=1S/C15H21ClN2O/c1-11-10-12(16)8-9-14(11)17-15(19)18(2)13-6-4-3-5-7-13/h8-10,13H,3-7H2,1-2H3,(H,17,19). The summed E-state index contributed by atoms with van der Waals surface area (Å²) in [5.41, 5.74) is 1.81. The Morgan fingerprint density at radius 3 is 2.63 bits per heavy atom. The average molecular weight is 281 g/mol. The molecule has 2 amide bonds. The van der Waals surface area contributed by atoms with Crippen LogP contribution in [0.3, 0.4) is 0 Å². The van der Waals surface area contributed by atoms with Gasteiger partial charge in [0.05, 0.1) is 0 Å². The first-order valence-electron chi connectivity index (χ1n) is 6.88. The van der Waals surface area contributed by atoms with Crippen LogP contribution in [0.1, 0.15) is 37.7 Å². The number of amides is 2. The number of aryl methyl sites for hydroxylation is 1. The summed E-state index contributed by atoms with van der Waals surface area (Å²) in [5.74, 6) is 0. The lowest BCUT2D eigenvalue weighted by atomic mass is 9.95. The summed E-state index contributed by atoms with van der Waals surface area (Å²) in [5, 5.41) is 3.65. The van der Waals surface area contributed by atoms with Crippen LogP contribution in [0.5, 0.6) is 0 Å². The van der Waals surface area contributed by atoms with Crippen LogP contribution in [0.25, 0.3) is 0 Å². The molecule has 0 aromatic heterocycles. The summed E-state index contributed by atoms with van der Waals surface area (Å²) in [6.07, 6.45) is 5.97. The Labute approximate surface area is 119 Å². The molecular formula is C15H21ClN2O. The number of anilines is 1. The zero-order valence-corrected chi connectivity index (χ0v) is 12.3. The van der Waals surface area contributed by atoms with Crippen molar-refractivity contribution in [1.29, 1.82) is 0 Å². The van der Waals surface area contributed by atoms with Crippen molar-refractivity contribution in [3.8, 4) is 0 Å². The zero-order chi connectivity index (χ0) is 13.8. The quantitative estimate of drug-likeness (QED) is 0.853. The molecule has 0 saturated heterocycles. The fourth-order valence-electron chi connectivity index (χ4n) is 2.60. The summed E-state index contributed by atoms with van der Waals surface area (Å²) in [7, 11) is 1.89. The molecule has 0 radical (unpaired) electrons. The minimum atomic E-state index is -0.0303. The van der Waals surface area contributed by atoms with Gasteiger partial charge in [0.25, 0.3) is 0 Å². The van der Waals surface area contributed by atoms with Gasteiger partial charge in [-0.1, -0.05) is 30.9 Å². The van der Waals surface area contributed by atoms with Gasteiger partial charge < -0.3 is 10.2 Å². The van der Waals surface area contributed by atoms with Crippen LogP contribution < -0.4 is 5.32 Å². The molecule has 0 bridgehead atoms. The maximum Gasteiger partial charge on any atom is 0.321 e. The third kappa shape index (κ3) is 3.63. The number of hydrogen-bond donors (Lipinski definition) is 1. The van der Waals surface area contributed by atoms with Gasteiger partial charge in [-0.15, -0.1) is 0 Å². The second-order valence-corrected chi connectivity index (χ2v) is 5.73. The number of carbonyl (C=O) groups excluding carboxylic acids is 1. The molecule has 1 N–H and O–H groups in total. The van der Waals surface area contributed by atoms with E-state index in [0.29, 0.717) is 11.1 Å². The largest absolute Gasteiger partial charge is 0.325 e. The van der Waals surface area contributed by atoms with Crippen molar-refractivity contribution < 1.29 is 4.79 Å². The van der Waals surface area contributed by atoms with Crippen molar-refractivity contribution in [3.63, 3.8) is 0 Å². The van der Waals surface area contributed by atoms with Gasteiger partial charge in [0.1, 0.15) is 0 Å². The maximum absolute atomic E-state index is 12.2. The van der Waals surface area contributed by atoms with Gasteiger partial charge in [0.2, 0.25) is 0 Å². The summed E-state index contributed by atoms with van der Waals surface area (Å²) in [4.78, 5) is 14.1. The SMILES string of the molecule is Cc1cc(Cl)ccc1NC(=O)N(C)C1CCCCC1. The second-order valence-electron chi connectivity index (χ2n) is 5.29. The molecule has 3 nitrogen and oxygen atoms in total. The molecule has 1 aliphatic carbocycles. The predicted molar refractivity (Wildman–Crippen MR) is 79.8 cm³/mol. The van der Waals surface area contributed by atoms with Crippen molar-refractivity contribution in [3.05, 3.63) is 28.8 Å². The molecule has 19 heavy (non-hydrogen) atoms. The summed E-state index contributed by atoms with van der Waals surface area (Å²) >= 11 is 5.91. The van der Waals surface area contributed by atoms with E-state index in [1.54, 1.807) is 6.07 Å². The Morgan fingerprint density at radius 2 is 2.00 bits per heavy atom. The van der Waals surface area contributed by atoms with Gasteiger partial charge in [-0.3, -0.25) is 0 Å². The van der Waals surface area contributed by atoms with Crippen LogP contribution in [0.15, 0.2) is 18.2 Å². The lowest BCUT2D eigenvalue weighted by Gasteiger charge is -2.31. The Balaban J connectivity index is 1.99. The highest BCUT2D eigenvalue weighted by Crippen LogP contribution is 2.23. The van der Waals surface area contributed by atoms with Crippen molar-refractivity contribution in [2.24, 2.45) is 0 Å². The molecule has 1 saturated carbocycles. The number of rotatable bonds is 2. The van der Waals surface area contributed by atoms with E-state index in [1.165, 1.54) is 19.3 Å². The van der Waals surface area contributed by atoms with E-state index in [2.05, 4.69) is 5.32 Å². The number of nitrogens with one attached hydrogen (secondary N) is 1. The molecule has 1 fully saturated rings. The number of nitrogens with zero attached hydrogens (tertiary/aromatic N) is 1. The second kappa shape index (κ2) is 6.29. The first-order valence-corrected chi connectivity index (χ1v) is 7.25. The fraction of sp³-hybridized carbons (Fsp3) is 0.533. The normalized spacial score (nSPS) is 16.2. The third-order valence-corrected chi connectivity index (χ3v) is 4.11. The molecule has 0 spiro atoms. The topological polar surface area (TPSA) is 32.3 Å². The van der Waals surface area contributed by atoms with E-state index < -0.39 is 0 Å². The molecule has 1 aromatic carbocycles. The smallest absolute Gasteiger partial charge is 0.321 e. The molecule has 104 valence electrons. The molecule has 2 rings (SSSR count). The van der Waals surface area contributed by atoms with Crippen LogP contribution in [-0.4, -0.2) is 24.0 Å². The summed E-state index contributed by atoms with van der Waals surface area (Å²) in [6, 6.07) is 5.85. The fourth-order valence-corrected chi connectivity index (χ4v) is 2.83. The molecule has 0 atom stereocenters. The highest BCUT2D eigenvalue weighted by Gasteiger charge is 2.22. The maximum atomic E-state index is 12.2.